The second-order valence-electron chi connectivity index (χ2n) is 2.38. The molecule has 6 nitrogen and oxygen atoms in total. The summed E-state index contributed by atoms with van der Waals surface area (Å²) in [5, 5.41) is 17.2. The van der Waals surface area contributed by atoms with Crippen LogP contribution in [0.5, 0.6) is 0 Å². The number of hydrogen-bond acceptors (Lipinski definition) is 4. The van der Waals surface area contributed by atoms with Gasteiger partial charge in [-0.15, -0.1) is 0 Å². The van der Waals surface area contributed by atoms with E-state index in [0.29, 0.717) is 0 Å². The van der Waals surface area contributed by atoms with Crippen molar-refractivity contribution < 1.29 is 24.2 Å². The third kappa shape index (κ3) is 1.33. The average Bonchev–Trinajstić information content (AvgIpc) is 2.24. The molecule has 0 amide bonds. The second-order valence-corrected chi connectivity index (χ2v) is 2.38. The fourth-order valence-corrected chi connectivity index (χ4v) is 1.04. The summed E-state index contributed by atoms with van der Waals surface area (Å²) < 4.78 is 4.68. The predicted octanol–water partition coefficient (Wildman–Crippen LogP) is 0.567. The summed E-state index contributed by atoms with van der Waals surface area (Å²) in [5.41, 5.74) is 4.28. The van der Waals surface area contributed by atoms with Crippen molar-refractivity contribution in [3.05, 3.63) is 16.9 Å². The number of carboxylic acids is 2. The average molecular weight is 185 g/mol. The van der Waals surface area contributed by atoms with Crippen molar-refractivity contribution in [2.45, 2.75) is 6.92 Å². The highest BCUT2D eigenvalue weighted by atomic mass is 16.4. The number of aryl methyl sites for hydroxylation is 1. The van der Waals surface area contributed by atoms with E-state index in [2.05, 4.69) is 4.42 Å². The molecule has 0 unspecified atom stereocenters. The maximum atomic E-state index is 10.6. The van der Waals surface area contributed by atoms with Crippen LogP contribution in [0.1, 0.15) is 26.5 Å². The molecule has 0 bridgehead atoms. The van der Waals surface area contributed by atoms with E-state index in [1.165, 1.54) is 6.92 Å². The molecule has 0 saturated carbocycles. The highest BCUT2D eigenvalue weighted by Crippen LogP contribution is 2.24. The van der Waals surface area contributed by atoms with Crippen molar-refractivity contribution in [2.75, 3.05) is 5.73 Å². The summed E-state index contributed by atoms with van der Waals surface area (Å²) in [7, 11) is 0. The van der Waals surface area contributed by atoms with Crippen LogP contribution in [-0.2, 0) is 0 Å². The number of rotatable bonds is 2. The highest BCUT2D eigenvalue weighted by molar-refractivity contribution is 6.05. The Morgan fingerprint density at radius 1 is 1.23 bits per heavy atom. The molecule has 0 fully saturated rings. The number of carbonyl (C=O) groups is 2. The van der Waals surface area contributed by atoms with Crippen molar-refractivity contribution in [2.24, 2.45) is 0 Å². The van der Waals surface area contributed by atoms with Gasteiger partial charge in [-0.2, -0.15) is 0 Å². The van der Waals surface area contributed by atoms with E-state index in [1.807, 2.05) is 0 Å². The summed E-state index contributed by atoms with van der Waals surface area (Å²) >= 11 is 0. The minimum atomic E-state index is -1.41. The van der Waals surface area contributed by atoms with E-state index in [-0.39, 0.29) is 11.6 Å². The first-order valence-electron chi connectivity index (χ1n) is 3.30. The number of carboxylic acid groups (broad SMARTS) is 2. The zero-order chi connectivity index (χ0) is 10.2. The quantitative estimate of drug-likeness (QED) is 0.620. The molecule has 0 aliphatic rings. The molecular weight excluding hydrogens is 178 g/mol. The molecule has 70 valence electrons. The summed E-state index contributed by atoms with van der Waals surface area (Å²) in [6.07, 6.45) is 0. The summed E-state index contributed by atoms with van der Waals surface area (Å²) in [4.78, 5) is 21.1. The molecule has 0 atom stereocenters. The molecule has 0 aliphatic carbocycles. The standard InChI is InChI=1S/C7H7NO5/c1-2-3(6(9)10)4(7(11)12)5(8)13-2/h8H2,1H3,(H,9,10)(H,11,12). The van der Waals surface area contributed by atoms with Crippen LogP contribution in [0.15, 0.2) is 4.42 Å². The van der Waals surface area contributed by atoms with Gasteiger partial charge in [-0.3, -0.25) is 0 Å². The SMILES string of the molecule is Cc1oc(N)c(C(=O)O)c1C(=O)O. The molecule has 0 aliphatic heterocycles. The van der Waals surface area contributed by atoms with Gasteiger partial charge in [-0.1, -0.05) is 0 Å². The lowest BCUT2D eigenvalue weighted by molar-refractivity contribution is 0.0653. The molecule has 0 aromatic carbocycles. The Kier molecular flexibility index (Phi) is 1.97. The van der Waals surface area contributed by atoms with Crippen LogP contribution in [-0.4, -0.2) is 22.2 Å². The van der Waals surface area contributed by atoms with Crippen molar-refractivity contribution >= 4 is 17.8 Å². The lowest BCUT2D eigenvalue weighted by Crippen LogP contribution is -2.07. The maximum absolute atomic E-state index is 10.6. The second kappa shape index (κ2) is 2.81. The molecule has 1 rings (SSSR count). The van der Waals surface area contributed by atoms with Gasteiger partial charge in [0.05, 0.1) is 0 Å². The molecule has 1 aromatic rings. The fraction of sp³-hybridized carbons (Fsp3) is 0.143. The van der Waals surface area contributed by atoms with Crippen molar-refractivity contribution in [3.8, 4) is 0 Å². The zero-order valence-electron chi connectivity index (χ0n) is 6.70. The predicted molar refractivity (Wildman–Crippen MR) is 41.8 cm³/mol. The highest BCUT2D eigenvalue weighted by Gasteiger charge is 2.26. The van der Waals surface area contributed by atoms with Crippen LogP contribution in [0.2, 0.25) is 0 Å². The number of aromatic carboxylic acids is 2. The van der Waals surface area contributed by atoms with Gasteiger partial charge >= 0.3 is 11.9 Å². The zero-order valence-corrected chi connectivity index (χ0v) is 6.70. The molecule has 1 heterocycles. The van der Waals surface area contributed by atoms with Crippen LogP contribution in [0.3, 0.4) is 0 Å². The smallest absolute Gasteiger partial charge is 0.342 e. The number of hydrogen-bond donors (Lipinski definition) is 3. The largest absolute Gasteiger partial charge is 0.478 e. The Morgan fingerprint density at radius 2 is 1.69 bits per heavy atom. The molecule has 13 heavy (non-hydrogen) atoms. The summed E-state index contributed by atoms with van der Waals surface area (Å²) in [5.74, 6) is -3.17. The lowest BCUT2D eigenvalue weighted by Gasteiger charge is -1.92. The number of nitrogens with two attached hydrogens (primary N) is 1. The number of anilines is 1. The lowest BCUT2D eigenvalue weighted by atomic mass is 10.1. The summed E-state index contributed by atoms with van der Waals surface area (Å²) in [6.45, 7) is 1.34. The van der Waals surface area contributed by atoms with E-state index in [9.17, 15) is 9.59 Å². The minimum Gasteiger partial charge on any atom is -0.478 e. The Hall–Kier alpha value is -1.98. The molecule has 0 saturated heterocycles. The topological polar surface area (TPSA) is 114 Å². The van der Waals surface area contributed by atoms with Gasteiger partial charge in [0.2, 0.25) is 5.88 Å². The molecule has 0 spiro atoms. The first kappa shape index (κ1) is 9.11. The van der Waals surface area contributed by atoms with Gasteiger partial charge in [0.1, 0.15) is 16.9 Å². The van der Waals surface area contributed by atoms with E-state index >= 15 is 0 Å². The maximum Gasteiger partial charge on any atom is 0.342 e. The van der Waals surface area contributed by atoms with Gasteiger partial charge < -0.3 is 20.4 Å². The molecule has 0 radical (unpaired) electrons. The van der Waals surface area contributed by atoms with Gasteiger partial charge in [0, 0.05) is 0 Å². The molecule has 4 N–H and O–H groups in total. The van der Waals surface area contributed by atoms with Crippen molar-refractivity contribution in [1.82, 2.24) is 0 Å². The number of nitrogen functional groups attached to an aromatic ring is 1. The third-order valence-electron chi connectivity index (χ3n) is 1.54. The molecule has 6 heteroatoms. The minimum absolute atomic E-state index is 0.0117. The Morgan fingerprint density at radius 3 is 2.00 bits per heavy atom. The number of furan rings is 1. The summed E-state index contributed by atoms with van der Waals surface area (Å²) in [6, 6.07) is 0. The monoisotopic (exact) mass is 185 g/mol. The van der Waals surface area contributed by atoms with Crippen LogP contribution < -0.4 is 5.73 Å². The fourth-order valence-electron chi connectivity index (χ4n) is 1.04. The van der Waals surface area contributed by atoms with Crippen molar-refractivity contribution in [3.63, 3.8) is 0 Å². The normalized spacial score (nSPS) is 9.92. The Balaban J connectivity index is 3.47. The molecule has 1 aromatic heterocycles. The van der Waals surface area contributed by atoms with E-state index in [1.54, 1.807) is 0 Å². The van der Waals surface area contributed by atoms with Gasteiger partial charge in [0.25, 0.3) is 0 Å². The van der Waals surface area contributed by atoms with Gasteiger partial charge in [-0.05, 0) is 6.92 Å². The van der Waals surface area contributed by atoms with Crippen LogP contribution in [0.25, 0.3) is 0 Å². The van der Waals surface area contributed by atoms with Crippen LogP contribution in [0.4, 0.5) is 5.88 Å². The first-order valence-corrected chi connectivity index (χ1v) is 3.30. The first-order chi connectivity index (χ1) is 5.95. The van der Waals surface area contributed by atoms with E-state index in [4.69, 9.17) is 15.9 Å². The van der Waals surface area contributed by atoms with E-state index in [0.717, 1.165) is 0 Å². The van der Waals surface area contributed by atoms with Crippen LogP contribution in [0, 0.1) is 6.92 Å². The van der Waals surface area contributed by atoms with Crippen molar-refractivity contribution in [1.29, 1.82) is 0 Å². The molecular formula is C7H7NO5. The van der Waals surface area contributed by atoms with Crippen LogP contribution >= 0.6 is 0 Å². The Labute approximate surface area is 72.6 Å². The van der Waals surface area contributed by atoms with Gasteiger partial charge in [-0.25, -0.2) is 9.59 Å². The third-order valence-corrected chi connectivity index (χ3v) is 1.54. The Bertz CT molecular complexity index is 344. The van der Waals surface area contributed by atoms with Gasteiger partial charge in [0.15, 0.2) is 0 Å². The van der Waals surface area contributed by atoms with E-state index < -0.39 is 23.1 Å².